The van der Waals surface area contributed by atoms with Crippen LogP contribution < -0.4 is 4.90 Å². The van der Waals surface area contributed by atoms with E-state index in [9.17, 15) is 4.79 Å². The highest BCUT2D eigenvalue weighted by Gasteiger charge is 2.15. The number of carboxylic acid groups (broad SMARTS) is 1. The normalized spacial score (nSPS) is 16.6. The molecule has 19 heavy (non-hydrogen) atoms. The fraction of sp³-hybridized carbons (Fsp3) is 0.533. The molecule has 1 aromatic carbocycles. The van der Waals surface area contributed by atoms with Crippen LogP contribution in [0.5, 0.6) is 0 Å². The number of hydrogen-bond acceptors (Lipinski definition) is 3. The van der Waals surface area contributed by atoms with Crippen molar-refractivity contribution in [2.75, 3.05) is 37.6 Å². The van der Waals surface area contributed by atoms with Crippen LogP contribution >= 0.6 is 0 Å². The zero-order chi connectivity index (χ0) is 13.7. The number of benzene rings is 1. The van der Waals surface area contributed by atoms with Gasteiger partial charge in [-0.25, -0.2) is 0 Å². The molecule has 1 aliphatic rings. The Kier molecular flexibility index (Phi) is 4.80. The average Bonchev–Trinajstić information content (AvgIpc) is 2.46. The van der Waals surface area contributed by atoms with Gasteiger partial charge in [0, 0.05) is 38.3 Å². The third kappa shape index (κ3) is 3.96. The van der Waals surface area contributed by atoms with E-state index >= 15 is 0 Å². The highest BCUT2D eigenvalue weighted by molar-refractivity contribution is 5.67. The number of aliphatic carboxylic acids is 1. The minimum absolute atomic E-state index is 0.203. The van der Waals surface area contributed by atoms with Crippen molar-refractivity contribution in [1.82, 2.24) is 4.90 Å². The quantitative estimate of drug-likeness (QED) is 0.879. The molecule has 2 rings (SSSR count). The van der Waals surface area contributed by atoms with Gasteiger partial charge in [-0.1, -0.05) is 19.1 Å². The number of hydrogen-bond donors (Lipinski definition) is 1. The number of carboxylic acids is 1. The van der Waals surface area contributed by atoms with Crippen LogP contribution in [0.3, 0.4) is 0 Å². The summed E-state index contributed by atoms with van der Waals surface area (Å²) in [5, 5.41) is 8.67. The Labute approximate surface area is 114 Å². The molecule has 0 atom stereocenters. The van der Waals surface area contributed by atoms with Crippen molar-refractivity contribution < 1.29 is 9.90 Å². The number of likely N-dealkylation sites (N-methyl/N-ethyl adjacent to an activating group) is 1. The number of rotatable bonds is 5. The maximum absolute atomic E-state index is 10.5. The number of nitrogens with zero attached hydrogens (tertiary/aromatic N) is 2. The topological polar surface area (TPSA) is 43.8 Å². The van der Waals surface area contributed by atoms with E-state index in [2.05, 4.69) is 28.9 Å². The van der Waals surface area contributed by atoms with Gasteiger partial charge in [-0.2, -0.15) is 0 Å². The Morgan fingerprint density at radius 2 is 1.79 bits per heavy atom. The highest BCUT2D eigenvalue weighted by atomic mass is 16.4. The maximum Gasteiger partial charge on any atom is 0.303 e. The van der Waals surface area contributed by atoms with Crippen LogP contribution in [0.2, 0.25) is 0 Å². The summed E-state index contributed by atoms with van der Waals surface area (Å²) in [5.41, 5.74) is 2.34. The molecular weight excluding hydrogens is 240 g/mol. The van der Waals surface area contributed by atoms with Crippen LogP contribution in [0.15, 0.2) is 24.3 Å². The summed E-state index contributed by atoms with van der Waals surface area (Å²) in [6.07, 6.45) is 0.813. The number of carbonyl (C=O) groups is 1. The van der Waals surface area contributed by atoms with Crippen molar-refractivity contribution in [3.05, 3.63) is 29.8 Å². The summed E-state index contributed by atoms with van der Waals surface area (Å²) in [6.45, 7) is 7.72. The van der Waals surface area contributed by atoms with Crippen molar-refractivity contribution in [3.63, 3.8) is 0 Å². The number of anilines is 1. The molecular formula is C15H22N2O2. The molecule has 0 aliphatic carbocycles. The second-order valence-corrected chi connectivity index (χ2v) is 4.98. The number of aryl methyl sites for hydroxylation is 1. The first-order valence-electron chi connectivity index (χ1n) is 6.97. The van der Waals surface area contributed by atoms with E-state index in [0.29, 0.717) is 6.42 Å². The van der Waals surface area contributed by atoms with Gasteiger partial charge in [0.05, 0.1) is 0 Å². The van der Waals surface area contributed by atoms with E-state index in [0.717, 1.165) is 38.3 Å². The minimum atomic E-state index is -0.736. The van der Waals surface area contributed by atoms with Gasteiger partial charge >= 0.3 is 5.97 Å². The third-order valence-electron chi connectivity index (χ3n) is 3.75. The van der Waals surface area contributed by atoms with Crippen LogP contribution in [0, 0.1) is 0 Å². The lowest BCUT2D eigenvalue weighted by Crippen LogP contribution is -2.46. The summed E-state index contributed by atoms with van der Waals surface area (Å²) in [6, 6.07) is 8.31. The second kappa shape index (κ2) is 6.57. The van der Waals surface area contributed by atoms with E-state index in [1.54, 1.807) is 0 Å². The van der Waals surface area contributed by atoms with Crippen molar-refractivity contribution in [2.45, 2.75) is 19.8 Å². The van der Waals surface area contributed by atoms with Crippen LogP contribution in [-0.4, -0.2) is 48.7 Å². The standard InChI is InChI=1S/C15H22N2O2/c1-2-16-9-11-17(12-10-16)14-6-3-13(4-7-14)5-8-15(18)19/h3-4,6-7H,2,5,8-12H2,1H3,(H,18,19). The van der Waals surface area contributed by atoms with E-state index < -0.39 is 5.97 Å². The Hall–Kier alpha value is -1.55. The zero-order valence-corrected chi connectivity index (χ0v) is 11.5. The summed E-state index contributed by atoms with van der Waals surface area (Å²) in [7, 11) is 0. The molecule has 1 fully saturated rings. The molecule has 1 aliphatic heterocycles. The van der Waals surface area contributed by atoms with Gasteiger partial charge in [-0.05, 0) is 30.7 Å². The molecule has 0 bridgehead atoms. The predicted molar refractivity (Wildman–Crippen MR) is 76.7 cm³/mol. The van der Waals surface area contributed by atoms with Crippen LogP contribution in [0.1, 0.15) is 18.9 Å². The predicted octanol–water partition coefficient (Wildman–Crippen LogP) is 1.85. The first kappa shape index (κ1) is 13.9. The van der Waals surface area contributed by atoms with Crippen molar-refractivity contribution in [3.8, 4) is 0 Å². The Morgan fingerprint density at radius 1 is 1.16 bits per heavy atom. The second-order valence-electron chi connectivity index (χ2n) is 4.98. The Balaban J connectivity index is 1.89. The molecule has 0 saturated carbocycles. The lowest BCUT2D eigenvalue weighted by Gasteiger charge is -2.35. The zero-order valence-electron chi connectivity index (χ0n) is 11.5. The Bertz CT molecular complexity index is 409. The molecule has 0 spiro atoms. The van der Waals surface area contributed by atoms with Crippen LogP contribution in [0.25, 0.3) is 0 Å². The largest absolute Gasteiger partial charge is 0.481 e. The van der Waals surface area contributed by atoms with Gasteiger partial charge < -0.3 is 14.9 Å². The van der Waals surface area contributed by atoms with E-state index in [1.165, 1.54) is 5.69 Å². The molecule has 0 aromatic heterocycles. The highest BCUT2D eigenvalue weighted by Crippen LogP contribution is 2.18. The molecule has 1 saturated heterocycles. The van der Waals surface area contributed by atoms with Gasteiger partial charge in [-0.15, -0.1) is 0 Å². The molecule has 4 nitrogen and oxygen atoms in total. The fourth-order valence-corrected chi connectivity index (χ4v) is 2.45. The lowest BCUT2D eigenvalue weighted by atomic mass is 10.1. The van der Waals surface area contributed by atoms with Gasteiger partial charge in [0.1, 0.15) is 0 Å². The molecule has 0 amide bonds. The van der Waals surface area contributed by atoms with E-state index in [4.69, 9.17) is 5.11 Å². The van der Waals surface area contributed by atoms with Gasteiger partial charge in [0.25, 0.3) is 0 Å². The smallest absolute Gasteiger partial charge is 0.303 e. The van der Waals surface area contributed by atoms with Crippen molar-refractivity contribution in [2.24, 2.45) is 0 Å². The van der Waals surface area contributed by atoms with Crippen molar-refractivity contribution in [1.29, 1.82) is 0 Å². The van der Waals surface area contributed by atoms with Crippen LogP contribution in [0.4, 0.5) is 5.69 Å². The first-order chi connectivity index (χ1) is 9.19. The van der Waals surface area contributed by atoms with E-state index in [-0.39, 0.29) is 6.42 Å². The van der Waals surface area contributed by atoms with Crippen LogP contribution in [-0.2, 0) is 11.2 Å². The summed E-state index contributed by atoms with van der Waals surface area (Å²) in [4.78, 5) is 15.4. The van der Waals surface area contributed by atoms with Crippen molar-refractivity contribution >= 4 is 11.7 Å². The molecule has 1 heterocycles. The van der Waals surface area contributed by atoms with Gasteiger partial charge in [0.15, 0.2) is 0 Å². The summed E-state index contributed by atoms with van der Waals surface area (Å²) < 4.78 is 0. The molecule has 0 radical (unpaired) electrons. The molecule has 1 aromatic rings. The monoisotopic (exact) mass is 262 g/mol. The first-order valence-corrected chi connectivity index (χ1v) is 6.97. The van der Waals surface area contributed by atoms with E-state index in [1.807, 2.05) is 12.1 Å². The van der Waals surface area contributed by atoms with Gasteiger partial charge in [0.2, 0.25) is 0 Å². The Morgan fingerprint density at radius 3 is 2.32 bits per heavy atom. The summed E-state index contributed by atoms with van der Waals surface area (Å²) >= 11 is 0. The third-order valence-corrected chi connectivity index (χ3v) is 3.75. The molecule has 1 N–H and O–H groups in total. The summed E-state index contributed by atoms with van der Waals surface area (Å²) in [5.74, 6) is -0.736. The SMILES string of the molecule is CCN1CCN(c2ccc(CCC(=O)O)cc2)CC1. The van der Waals surface area contributed by atoms with Gasteiger partial charge in [-0.3, -0.25) is 4.79 Å². The maximum atomic E-state index is 10.5. The molecule has 0 unspecified atom stereocenters. The molecule has 104 valence electrons. The number of piperazine rings is 1. The molecule has 4 heteroatoms. The fourth-order valence-electron chi connectivity index (χ4n) is 2.45. The lowest BCUT2D eigenvalue weighted by molar-refractivity contribution is -0.136. The average molecular weight is 262 g/mol. The minimum Gasteiger partial charge on any atom is -0.481 e.